The van der Waals surface area contributed by atoms with Gasteiger partial charge in [-0.25, -0.2) is 0 Å². The van der Waals surface area contributed by atoms with E-state index in [1.807, 2.05) is 0 Å². The monoisotopic (exact) mass is 278 g/mol. The molecule has 0 fully saturated rings. The molecule has 0 bridgehead atoms. The molecule has 0 saturated carbocycles. The quantitative estimate of drug-likeness (QED) is 0.339. The van der Waals surface area contributed by atoms with Crippen molar-refractivity contribution in [3.05, 3.63) is 33.9 Å². The highest BCUT2D eigenvalue weighted by molar-refractivity contribution is 5.44. The van der Waals surface area contributed by atoms with Crippen LogP contribution in [0.1, 0.15) is 12.5 Å². The molecule has 0 aliphatic heterocycles. The largest absolute Gasteiger partial charge is 0.481 e. The van der Waals surface area contributed by atoms with Crippen LogP contribution < -0.4 is 10.1 Å². The maximum atomic E-state index is 10.8. The normalized spacial score (nSPS) is 9.70. The molecule has 20 heavy (non-hydrogen) atoms. The van der Waals surface area contributed by atoms with E-state index in [2.05, 4.69) is 17.2 Å². The molecular weight excluding hydrogens is 260 g/mol. The van der Waals surface area contributed by atoms with Crippen LogP contribution in [0.3, 0.4) is 0 Å². The van der Waals surface area contributed by atoms with E-state index < -0.39 is 4.92 Å². The summed E-state index contributed by atoms with van der Waals surface area (Å²) in [6.45, 7) is 3.70. The molecule has 6 heteroatoms. The topological polar surface area (TPSA) is 73.6 Å². The summed E-state index contributed by atoms with van der Waals surface area (Å²) in [5.74, 6) is 6.12. The fourth-order valence-corrected chi connectivity index (χ4v) is 1.54. The van der Waals surface area contributed by atoms with Crippen molar-refractivity contribution in [1.82, 2.24) is 5.32 Å². The average molecular weight is 278 g/mol. The van der Waals surface area contributed by atoms with Gasteiger partial charge in [-0.05, 0) is 13.0 Å². The molecule has 0 amide bonds. The molecule has 1 aromatic carbocycles. The fourth-order valence-electron chi connectivity index (χ4n) is 1.54. The Morgan fingerprint density at radius 3 is 2.90 bits per heavy atom. The summed E-state index contributed by atoms with van der Waals surface area (Å²) >= 11 is 0. The molecule has 0 heterocycles. The van der Waals surface area contributed by atoms with Gasteiger partial charge in [0.25, 0.3) is 5.69 Å². The Balaban J connectivity index is 2.78. The van der Waals surface area contributed by atoms with E-state index in [-0.39, 0.29) is 12.3 Å². The van der Waals surface area contributed by atoms with Crippen molar-refractivity contribution in [2.75, 3.05) is 26.9 Å². The minimum absolute atomic E-state index is 0.0440. The second-order valence-corrected chi connectivity index (χ2v) is 3.93. The summed E-state index contributed by atoms with van der Waals surface area (Å²) in [4.78, 5) is 10.4. The Kier molecular flexibility index (Phi) is 7.11. The number of nitro benzene ring substituents is 1. The van der Waals surface area contributed by atoms with Crippen molar-refractivity contribution < 1.29 is 14.4 Å². The summed E-state index contributed by atoms with van der Waals surface area (Å²) < 4.78 is 10.4. The van der Waals surface area contributed by atoms with Crippen LogP contribution in [-0.2, 0) is 11.3 Å². The van der Waals surface area contributed by atoms with E-state index in [9.17, 15) is 10.1 Å². The third-order valence-corrected chi connectivity index (χ3v) is 2.53. The first kappa shape index (κ1) is 16.0. The maximum Gasteiger partial charge on any atom is 0.270 e. The zero-order valence-electron chi connectivity index (χ0n) is 11.6. The van der Waals surface area contributed by atoms with Crippen LogP contribution in [0.4, 0.5) is 5.69 Å². The van der Waals surface area contributed by atoms with Crippen molar-refractivity contribution in [1.29, 1.82) is 0 Å². The van der Waals surface area contributed by atoms with Crippen LogP contribution in [0.2, 0.25) is 0 Å². The van der Waals surface area contributed by atoms with Crippen molar-refractivity contribution in [2.24, 2.45) is 0 Å². The molecule has 1 N–H and O–H groups in total. The third-order valence-electron chi connectivity index (χ3n) is 2.53. The van der Waals surface area contributed by atoms with Gasteiger partial charge in [-0.2, -0.15) is 0 Å². The molecule has 0 saturated heterocycles. The predicted octanol–water partition coefficient (Wildman–Crippen LogP) is 1.73. The minimum atomic E-state index is -0.422. The summed E-state index contributed by atoms with van der Waals surface area (Å²) in [6.07, 6.45) is 0. The Labute approximate surface area is 118 Å². The Morgan fingerprint density at radius 1 is 1.45 bits per heavy atom. The van der Waals surface area contributed by atoms with Crippen LogP contribution in [-0.4, -0.2) is 31.8 Å². The highest BCUT2D eigenvalue weighted by Crippen LogP contribution is 2.24. The second-order valence-electron chi connectivity index (χ2n) is 3.93. The lowest BCUT2D eigenvalue weighted by Gasteiger charge is -2.10. The molecule has 0 atom stereocenters. The van der Waals surface area contributed by atoms with E-state index in [1.54, 1.807) is 20.1 Å². The molecule has 0 aliphatic carbocycles. The van der Waals surface area contributed by atoms with Gasteiger partial charge in [-0.1, -0.05) is 5.92 Å². The first-order valence-electron chi connectivity index (χ1n) is 6.18. The third kappa shape index (κ3) is 5.26. The lowest BCUT2D eigenvalue weighted by Crippen LogP contribution is -2.19. The van der Waals surface area contributed by atoms with E-state index in [0.29, 0.717) is 25.4 Å². The number of non-ortho nitro benzene ring substituents is 1. The number of hydrogen-bond acceptors (Lipinski definition) is 5. The summed E-state index contributed by atoms with van der Waals surface area (Å²) in [6, 6.07) is 4.53. The molecule has 0 unspecified atom stereocenters. The van der Waals surface area contributed by atoms with Gasteiger partial charge in [0, 0.05) is 37.9 Å². The van der Waals surface area contributed by atoms with E-state index in [1.165, 1.54) is 12.1 Å². The highest BCUT2D eigenvalue weighted by Gasteiger charge is 2.11. The van der Waals surface area contributed by atoms with Crippen molar-refractivity contribution in [3.63, 3.8) is 0 Å². The van der Waals surface area contributed by atoms with E-state index in [4.69, 9.17) is 9.47 Å². The van der Waals surface area contributed by atoms with Gasteiger partial charge in [0.1, 0.15) is 12.4 Å². The lowest BCUT2D eigenvalue weighted by molar-refractivity contribution is -0.384. The predicted molar refractivity (Wildman–Crippen MR) is 75.6 cm³/mol. The summed E-state index contributed by atoms with van der Waals surface area (Å²) in [5, 5.41) is 13.9. The fraction of sp³-hybridized carbons (Fsp3) is 0.429. The van der Waals surface area contributed by atoms with Gasteiger partial charge >= 0.3 is 0 Å². The van der Waals surface area contributed by atoms with Gasteiger partial charge in [0.2, 0.25) is 0 Å². The van der Waals surface area contributed by atoms with Gasteiger partial charge in [-0.15, -0.1) is 5.92 Å². The Bertz CT molecular complexity index is 506. The SMILES string of the molecule is CC#CCOc1ccc([N+](=O)[O-])cc1CNCCOC. The average Bonchev–Trinajstić information content (AvgIpc) is 2.44. The zero-order chi connectivity index (χ0) is 14.8. The van der Waals surface area contributed by atoms with Gasteiger partial charge < -0.3 is 14.8 Å². The number of methoxy groups -OCH3 is 1. The van der Waals surface area contributed by atoms with Crippen molar-refractivity contribution in [3.8, 4) is 17.6 Å². The molecule has 0 aromatic heterocycles. The van der Waals surface area contributed by atoms with Crippen LogP contribution in [0, 0.1) is 22.0 Å². The molecule has 0 aliphatic rings. The van der Waals surface area contributed by atoms with Crippen LogP contribution in [0.15, 0.2) is 18.2 Å². The number of nitrogens with zero attached hydrogens (tertiary/aromatic N) is 1. The molecule has 0 spiro atoms. The van der Waals surface area contributed by atoms with Crippen molar-refractivity contribution in [2.45, 2.75) is 13.5 Å². The minimum Gasteiger partial charge on any atom is -0.481 e. The van der Waals surface area contributed by atoms with E-state index >= 15 is 0 Å². The van der Waals surface area contributed by atoms with Crippen LogP contribution in [0.25, 0.3) is 0 Å². The molecule has 0 radical (unpaired) electrons. The summed E-state index contributed by atoms with van der Waals surface area (Å²) in [7, 11) is 1.62. The number of hydrogen-bond donors (Lipinski definition) is 1. The van der Waals surface area contributed by atoms with Crippen molar-refractivity contribution >= 4 is 5.69 Å². The van der Waals surface area contributed by atoms with Gasteiger partial charge in [-0.3, -0.25) is 10.1 Å². The van der Waals surface area contributed by atoms with Crippen LogP contribution >= 0.6 is 0 Å². The zero-order valence-corrected chi connectivity index (χ0v) is 11.6. The first-order valence-corrected chi connectivity index (χ1v) is 6.18. The Hall–Kier alpha value is -2.10. The molecule has 1 rings (SSSR count). The van der Waals surface area contributed by atoms with Gasteiger partial charge in [0.05, 0.1) is 11.5 Å². The number of nitrogens with one attached hydrogen (secondary N) is 1. The summed E-state index contributed by atoms with van der Waals surface area (Å²) in [5.41, 5.74) is 0.774. The van der Waals surface area contributed by atoms with Crippen LogP contribution in [0.5, 0.6) is 5.75 Å². The highest BCUT2D eigenvalue weighted by atomic mass is 16.6. The molecule has 6 nitrogen and oxygen atoms in total. The molecule has 108 valence electrons. The maximum absolute atomic E-state index is 10.8. The van der Waals surface area contributed by atoms with Gasteiger partial charge in [0.15, 0.2) is 0 Å². The number of rotatable bonds is 8. The van der Waals surface area contributed by atoms with E-state index in [0.717, 1.165) is 5.56 Å². The standard InChI is InChI=1S/C14H18N2O4/c1-3-4-8-20-14-6-5-13(16(17)18)10-12(14)11-15-7-9-19-2/h5-6,10,15H,7-9,11H2,1-2H3. The Morgan fingerprint density at radius 2 is 2.25 bits per heavy atom. The number of nitro groups is 1. The lowest BCUT2D eigenvalue weighted by atomic mass is 10.1. The number of benzene rings is 1. The number of ether oxygens (including phenoxy) is 2. The molecule has 1 aromatic rings. The molecular formula is C14H18N2O4. The smallest absolute Gasteiger partial charge is 0.270 e. The second kappa shape index (κ2) is 8.91. The first-order chi connectivity index (χ1) is 9.69.